The Morgan fingerprint density at radius 2 is 1.12 bits per heavy atom. The second-order valence-corrected chi connectivity index (χ2v) is 24.4. The van der Waals surface area contributed by atoms with Crippen LogP contribution >= 0.6 is 12.6 Å². The summed E-state index contributed by atoms with van der Waals surface area (Å²) in [5.41, 5.74) is 6.87. The van der Waals surface area contributed by atoms with Crippen LogP contribution in [0.3, 0.4) is 0 Å². The number of likely N-dealkylation sites (tertiary alicyclic amines) is 1. The van der Waals surface area contributed by atoms with E-state index in [2.05, 4.69) is 65.1 Å². The number of carboxylic acids is 3. The van der Waals surface area contributed by atoms with E-state index < -0.39 is 156 Å². The Morgan fingerprint density at radius 3 is 1.65 bits per heavy atom. The fourth-order valence-corrected chi connectivity index (χ4v) is 10.7. The molecule has 28 heteroatoms. The number of aromatic amines is 2. The van der Waals surface area contributed by atoms with Crippen LogP contribution in [0.1, 0.15) is 118 Å². The van der Waals surface area contributed by atoms with Crippen molar-refractivity contribution < 1.29 is 72.9 Å². The number of nitrogens with two attached hydrogens (primary N) is 1. The standard InChI is InChI=1S/C61H86N12O15S/c1-9-33(6)50(59(86)87)71-55(82)43(24-32(4)5)70-60(88)61(7,8)72-56(83)46(30-89)69-53(80)42(23-31(2)3)67-52(79)41(20-21-48(74)75)65-57(84)47-19-14-22-73(47)58(85)45(26-35-29-64-40-18-13-11-16-37(35)40)68-54(81)44(66-51(78)38(62)27-49(76)77)25-34-28-63-39-17-12-10-15-36(34)39/h10-13,15-18,28-29,31-33,38,41-47,50,63-64,89H,9,14,19-27,30,62H2,1-8H3,(H,65,84)(H,66,78)(H,67,79)(H,68,81)(H,69,80)(H,70,88)(H,71,82)(H,72,83)(H,74,75)(H,76,77)(H,86,87)/t33-,38-,41-,42-,43-,44-,45-,46-,47-,50-/m0/s1. The van der Waals surface area contributed by atoms with E-state index in [4.69, 9.17) is 5.73 Å². The fourth-order valence-electron chi connectivity index (χ4n) is 10.5. The average Bonchev–Trinajstić information content (AvgIpc) is 2.57. The molecule has 0 spiro atoms. The predicted octanol–water partition coefficient (Wildman–Crippen LogP) is 1.53. The molecule has 89 heavy (non-hydrogen) atoms. The molecule has 0 aliphatic carbocycles. The molecule has 3 heterocycles. The van der Waals surface area contributed by atoms with Gasteiger partial charge in [0.15, 0.2) is 0 Å². The highest BCUT2D eigenvalue weighted by molar-refractivity contribution is 7.80. The molecule has 10 atom stereocenters. The zero-order chi connectivity index (χ0) is 66.0. The Kier molecular flexibility index (Phi) is 26.1. The van der Waals surface area contributed by atoms with Crippen molar-refractivity contribution in [1.29, 1.82) is 0 Å². The smallest absolute Gasteiger partial charge is 0.326 e. The van der Waals surface area contributed by atoms with E-state index in [1.165, 1.54) is 18.7 Å². The number of H-pyrrole nitrogens is 2. The normalized spacial score (nSPS) is 16.4. The van der Waals surface area contributed by atoms with Gasteiger partial charge in [0, 0.05) is 65.8 Å². The molecule has 0 saturated carbocycles. The van der Waals surface area contributed by atoms with Crippen LogP contribution in [0.4, 0.5) is 0 Å². The molecule has 2 aromatic carbocycles. The molecule has 4 aromatic rings. The Labute approximate surface area is 521 Å². The number of amides is 9. The minimum atomic E-state index is -1.73. The highest BCUT2D eigenvalue weighted by atomic mass is 32.1. The van der Waals surface area contributed by atoms with Crippen LogP contribution in [0.5, 0.6) is 0 Å². The zero-order valence-corrected chi connectivity index (χ0v) is 52.3. The van der Waals surface area contributed by atoms with Crippen molar-refractivity contribution >= 4 is 106 Å². The molecular formula is C61H86N12O15S. The van der Waals surface area contributed by atoms with Crippen LogP contribution in [0.2, 0.25) is 0 Å². The van der Waals surface area contributed by atoms with Gasteiger partial charge in [0.25, 0.3) is 0 Å². The topological polar surface area (TPSA) is 423 Å². The van der Waals surface area contributed by atoms with E-state index in [0.29, 0.717) is 17.5 Å². The van der Waals surface area contributed by atoms with Crippen molar-refractivity contribution in [3.63, 3.8) is 0 Å². The Morgan fingerprint density at radius 1 is 0.629 bits per heavy atom. The SMILES string of the molecule is CC[C@H](C)[C@H](NC(=O)[C@H](CC(C)C)NC(=O)C(C)(C)NC(=O)[C@H](CS)NC(=O)[C@H](CC(C)C)NC(=O)[C@H](CCC(=O)O)NC(=O)[C@@H]1CCCN1C(=O)[C@H](Cc1c[nH]c2ccccc12)NC(=O)[C@H](Cc1c[nH]c2ccccc12)NC(=O)[C@@H](N)CC(=O)O)C(=O)O. The third kappa shape index (κ3) is 20.2. The summed E-state index contributed by atoms with van der Waals surface area (Å²) in [6, 6.07) is 1.95. The molecule has 1 aliphatic rings. The monoisotopic (exact) mass is 1260 g/mol. The molecule has 0 unspecified atom stereocenters. The number of nitrogens with zero attached hydrogens (tertiary/aromatic N) is 1. The molecular weight excluding hydrogens is 1170 g/mol. The molecule has 5 rings (SSSR count). The van der Waals surface area contributed by atoms with E-state index in [9.17, 15) is 68.1 Å². The number of fused-ring (bicyclic) bond motifs is 2. The van der Waals surface area contributed by atoms with Crippen molar-refractivity contribution in [1.82, 2.24) is 57.4 Å². The van der Waals surface area contributed by atoms with Gasteiger partial charge in [-0.2, -0.15) is 12.6 Å². The lowest BCUT2D eigenvalue weighted by atomic mass is 9.96. The van der Waals surface area contributed by atoms with Gasteiger partial charge < -0.3 is 78.5 Å². The number of hydrogen-bond acceptors (Lipinski definition) is 14. The number of benzene rings is 2. The fraction of sp³-hybridized carbons (Fsp3) is 0.541. The summed E-state index contributed by atoms with van der Waals surface area (Å²) >= 11 is 4.29. The number of nitrogens with one attached hydrogen (secondary N) is 10. The number of rotatable bonds is 34. The number of hydrogen-bond donors (Lipinski definition) is 15. The van der Waals surface area contributed by atoms with E-state index in [-0.39, 0.29) is 62.7 Å². The quantitative estimate of drug-likeness (QED) is 0.0295. The van der Waals surface area contributed by atoms with Gasteiger partial charge in [-0.15, -0.1) is 0 Å². The van der Waals surface area contributed by atoms with Gasteiger partial charge in [0.2, 0.25) is 53.2 Å². The Hall–Kier alpha value is -8.53. The molecule has 15 N–H and O–H groups in total. The lowest BCUT2D eigenvalue weighted by Crippen LogP contribution is -2.63. The van der Waals surface area contributed by atoms with Gasteiger partial charge in [-0.1, -0.05) is 84.4 Å². The van der Waals surface area contributed by atoms with Crippen molar-refractivity contribution in [3.8, 4) is 0 Å². The van der Waals surface area contributed by atoms with E-state index in [1.807, 2.05) is 18.2 Å². The van der Waals surface area contributed by atoms with E-state index >= 15 is 4.79 Å². The number of carboxylic acid groups (broad SMARTS) is 3. The van der Waals surface area contributed by atoms with Gasteiger partial charge in [-0.25, -0.2) is 4.79 Å². The zero-order valence-electron chi connectivity index (χ0n) is 51.4. The molecule has 1 fully saturated rings. The number of carbonyl (C=O) groups excluding carboxylic acids is 9. The largest absolute Gasteiger partial charge is 0.481 e. The number of carbonyl (C=O) groups is 12. The highest BCUT2D eigenvalue weighted by Gasteiger charge is 2.42. The minimum Gasteiger partial charge on any atom is -0.481 e. The second kappa shape index (κ2) is 32.6. The van der Waals surface area contributed by atoms with E-state index in [0.717, 1.165) is 21.8 Å². The molecule has 1 aliphatic heterocycles. The lowest BCUT2D eigenvalue weighted by Gasteiger charge is -2.32. The number of aromatic nitrogens is 2. The molecule has 0 radical (unpaired) electrons. The average molecular weight is 1260 g/mol. The van der Waals surface area contributed by atoms with Crippen LogP contribution in [0, 0.1) is 17.8 Å². The van der Waals surface area contributed by atoms with Crippen molar-refractivity contribution in [2.75, 3.05) is 12.3 Å². The maximum absolute atomic E-state index is 15.1. The molecule has 0 bridgehead atoms. The number of thiol groups is 1. The van der Waals surface area contributed by atoms with E-state index in [1.54, 1.807) is 84.3 Å². The summed E-state index contributed by atoms with van der Waals surface area (Å²) in [7, 11) is 0. The van der Waals surface area contributed by atoms with Crippen molar-refractivity contribution in [2.24, 2.45) is 23.5 Å². The summed E-state index contributed by atoms with van der Waals surface area (Å²) in [4.78, 5) is 170. The Bertz CT molecular complexity index is 3220. The first-order chi connectivity index (χ1) is 41.9. The summed E-state index contributed by atoms with van der Waals surface area (Å²) in [6.45, 7) is 13.3. The highest BCUT2D eigenvalue weighted by Crippen LogP contribution is 2.25. The maximum atomic E-state index is 15.1. The summed E-state index contributed by atoms with van der Waals surface area (Å²) in [6.07, 6.45) is 2.12. The maximum Gasteiger partial charge on any atom is 0.326 e. The summed E-state index contributed by atoms with van der Waals surface area (Å²) < 4.78 is 0. The summed E-state index contributed by atoms with van der Waals surface area (Å²) in [5, 5.41) is 51.3. The van der Waals surface area contributed by atoms with Crippen LogP contribution in [0.15, 0.2) is 60.9 Å². The molecule has 1 saturated heterocycles. The van der Waals surface area contributed by atoms with Crippen LogP contribution < -0.4 is 48.3 Å². The van der Waals surface area contributed by atoms with Crippen LogP contribution in [0.25, 0.3) is 21.8 Å². The first kappa shape index (κ1) is 71.2. The van der Waals surface area contributed by atoms with Crippen molar-refractivity contribution in [2.45, 2.75) is 180 Å². The second-order valence-electron chi connectivity index (χ2n) is 24.1. The van der Waals surface area contributed by atoms with Crippen molar-refractivity contribution in [3.05, 3.63) is 72.1 Å². The van der Waals surface area contributed by atoms with Gasteiger partial charge >= 0.3 is 17.9 Å². The first-order valence-electron chi connectivity index (χ1n) is 29.8. The lowest BCUT2D eigenvalue weighted by molar-refractivity contribution is -0.144. The first-order valence-corrected chi connectivity index (χ1v) is 30.5. The molecule has 9 amide bonds. The van der Waals surface area contributed by atoms with Gasteiger partial charge in [0.05, 0.1) is 12.5 Å². The third-order valence-corrected chi connectivity index (χ3v) is 15.9. The predicted molar refractivity (Wildman–Crippen MR) is 331 cm³/mol. The van der Waals surface area contributed by atoms with Crippen LogP contribution in [-0.4, -0.2) is 173 Å². The minimum absolute atomic E-state index is 0.00436. The van der Waals surface area contributed by atoms with Crippen LogP contribution in [-0.2, 0) is 70.4 Å². The number of para-hydroxylation sites is 2. The molecule has 2 aromatic heterocycles. The third-order valence-electron chi connectivity index (χ3n) is 15.6. The van der Waals surface area contributed by atoms with Gasteiger partial charge in [0.1, 0.15) is 53.9 Å². The summed E-state index contributed by atoms with van der Waals surface area (Å²) in [5.74, 6) is -12.7. The van der Waals surface area contributed by atoms with Gasteiger partial charge in [-0.05, 0) is 87.0 Å². The molecule has 27 nitrogen and oxygen atoms in total. The Balaban J connectivity index is 1.35. The number of aliphatic carboxylic acids is 3. The molecule has 486 valence electrons. The van der Waals surface area contributed by atoms with Gasteiger partial charge in [-0.3, -0.25) is 52.7 Å².